The third kappa shape index (κ3) is 3.32. The van der Waals surface area contributed by atoms with Gasteiger partial charge in [0.05, 0.1) is 23.7 Å². The fraction of sp³-hybridized carbons (Fsp3) is 0.533. The molecule has 126 valence electrons. The lowest BCUT2D eigenvalue weighted by Crippen LogP contribution is -2.27. The van der Waals surface area contributed by atoms with E-state index in [-0.39, 0.29) is 30.1 Å². The first kappa shape index (κ1) is 16.2. The molecule has 1 amide bonds. The van der Waals surface area contributed by atoms with Crippen LogP contribution in [0.3, 0.4) is 0 Å². The average Bonchev–Trinajstić information content (AvgIpc) is 2.89. The summed E-state index contributed by atoms with van der Waals surface area (Å²) in [5.74, 6) is -0.337. The van der Waals surface area contributed by atoms with E-state index in [0.717, 1.165) is 0 Å². The normalized spacial score (nSPS) is 24.7. The van der Waals surface area contributed by atoms with Crippen LogP contribution in [0.2, 0.25) is 0 Å². The summed E-state index contributed by atoms with van der Waals surface area (Å²) in [7, 11) is -2.98. The maximum absolute atomic E-state index is 14.4. The van der Waals surface area contributed by atoms with Gasteiger partial charge >= 0.3 is 6.09 Å². The molecule has 6 nitrogen and oxygen atoms in total. The van der Waals surface area contributed by atoms with Crippen molar-refractivity contribution in [2.24, 2.45) is 5.73 Å². The van der Waals surface area contributed by atoms with Crippen LogP contribution in [0.4, 0.5) is 14.9 Å². The highest BCUT2D eigenvalue weighted by atomic mass is 32.2. The van der Waals surface area contributed by atoms with E-state index in [1.165, 1.54) is 11.0 Å². The zero-order valence-corrected chi connectivity index (χ0v) is 13.4. The van der Waals surface area contributed by atoms with Gasteiger partial charge in [0.2, 0.25) is 0 Å². The standard InChI is InChI=1S/C15H19FN2O4S/c16-14-7-11(18-9-12(8-17)22-15(18)19)1-2-13(14)10-3-5-23(20,21)6-4-10/h1-2,7,10,12H,3-6,8-9,17H2. The van der Waals surface area contributed by atoms with Gasteiger partial charge in [-0.3, -0.25) is 4.90 Å². The number of rotatable bonds is 3. The van der Waals surface area contributed by atoms with Crippen LogP contribution >= 0.6 is 0 Å². The van der Waals surface area contributed by atoms with Crippen LogP contribution in [0.15, 0.2) is 18.2 Å². The number of hydrogen-bond donors (Lipinski definition) is 1. The van der Waals surface area contributed by atoms with Gasteiger partial charge in [0, 0.05) is 6.54 Å². The van der Waals surface area contributed by atoms with Crippen molar-refractivity contribution in [3.05, 3.63) is 29.6 Å². The number of carbonyl (C=O) groups excluding carboxylic acids is 1. The Labute approximate surface area is 134 Å². The van der Waals surface area contributed by atoms with Gasteiger partial charge in [-0.05, 0) is 36.5 Å². The summed E-state index contributed by atoms with van der Waals surface area (Å²) in [6.07, 6.45) is -0.0516. The maximum Gasteiger partial charge on any atom is 0.414 e. The number of benzene rings is 1. The lowest BCUT2D eigenvalue weighted by atomic mass is 9.93. The molecule has 2 N–H and O–H groups in total. The maximum atomic E-state index is 14.4. The predicted octanol–water partition coefficient (Wildman–Crippen LogP) is 1.40. The fourth-order valence-electron chi connectivity index (χ4n) is 3.07. The van der Waals surface area contributed by atoms with Crippen molar-refractivity contribution in [2.75, 3.05) is 29.5 Å². The molecule has 2 aliphatic heterocycles. The quantitative estimate of drug-likeness (QED) is 0.897. The van der Waals surface area contributed by atoms with Crippen LogP contribution in [-0.4, -0.2) is 45.2 Å². The number of ether oxygens (including phenoxy) is 1. The number of hydrogen-bond acceptors (Lipinski definition) is 5. The summed E-state index contributed by atoms with van der Waals surface area (Å²) in [6.45, 7) is 0.523. The molecule has 0 spiro atoms. The van der Waals surface area contributed by atoms with Crippen molar-refractivity contribution in [3.63, 3.8) is 0 Å². The van der Waals surface area contributed by atoms with Crippen LogP contribution in [0.5, 0.6) is 0 Å². The van der Waals surface area contributed by atoms with E-state index in [2.05, 4.69) is 0 Å². The largest absolute Gasteiger partial charge is 0.443 e. The van der Waals surface area contributed by atoms with Crippen molar-refractivity contribution >= 4 is 21.6 Å². The number of nitrogens with two attached hydrogens (primary N) is 1. The van der Waals surface area contributed by atoms with E-state index in [0.29, 0.717) is 30.6 Å². The summed E-state index contributed by atoms with van der Waals surface area (Å²) in [5, 5.41) is 0. The molecular weight excluding hydrogens is 323 g/mol. The van der Waals surface area contributed by atoms with E-state index in [9.17, 15) is 17.6 Å². The summed E-state index contributed by atoms with van der Waals surface area (Å²) >= 11 is 0. The summed E-state index contributed by atoms with van der Waals surface area (Å²) in [6, 6.07) is 4.61. The number of anilines is 1. The zero-order valence-electron chi connectivity index (χ0n) is 12.6. The second kappa shape index (κ2) is 6.09. The van der Waals surface area contributed by atoms with Crippen LogP contribution in [0.25, 0.3) is 0 Å². The van der Waals surface area contributed by atoms with Gasteiger partial charge < -0.3 is 10.5 Å². The minimum atomic E-state index is -2.98. The number of amides is 1. The van der Waals surface area contributed by atoms with Crippen LogP contribution < -0.4 is 10.6 Å². The number of nitrogens with zero attached hydrogens (tertiary/aromatic N) is 1. The minimum absolute atomic E-state index is 0.0927. The van der Waals surface area contributed by atoms with Crippen LogP contribution in [0, 0.1) is 5.82 Å². The van der Waals surface area contributed by atoms with E-state index >= 15 is 0 Å². The fourth-order valence-corrected chi connectivity index (χ4v) is 4.56. The van der Waals surface area contributed by atoms with Gasteiger partial charge in [-0.15, -0.1) is 0 Å². The van der Waals surface area contributed by atoms with Gasteiger partial charge in [0.25, 0.3) is 0 Å². The molecule has 2 heterocycles. The molecule has 1 unspecified atom stereocenters. The predicted molar refractivity (Wildman–Crippen MR) is 83.7 cm³/mol. The van der Waals surface area contributed by atoms with Crippen LogP contribution in [0.1, 0.15) is 24.3 Å². The Balaban J connectivity index is 1.78. The second-order valence-electron chi connectivity index (χ2n) is 5.98. The molecule has 0 bridgehead atoms. The van der Waals surface area contributed by atoms with Gasteiger partial charge in [0.1, 0.15) is 21.8 Å². The highest BCUT2D eigenvalue weighted by molar-refractivity contribution is 7.91. The molecule has 2 fully saturated rings. The number of sulfone groups is 1. The molecule has 8 heteroatoms. The Hall–Kier alpha value is -1.67. The molecular formula is C15H19FN2O4S. The zero-order chi connectivity index (χ0) is 16.6. The van der Waals surface area contributed by atoms with Crippen molar-refractivity contribution in [3.8, 4) is 0 Å². The molecule has 1 atom stereocenters. The van der Waals surface area contributed by atoms with Gasteiger partial charge in [-0.25, -0.2) is 17.6 Å². The third-order valence-corrected chi connectivity index (χ3v) is 6.14. The Morgan fingerprint density at radius 3 is 2.57 bits per heavy atom. The minimum Gasteiger partial charge on any atom is -0.443 e. The summed E-state index contributed by atoms with van der Waals surface area (Å²) in [4.78, 5) is 13.1. The van der Waals surface area contributed by atoms with Gasteiger partial charge in [0.15, 0.2) is 0 Å². The van der Waals surface area contributed by atoms with Crippen molar-refractivity contribution in [1.82, 2.24) is 0 Å². The van der Waals surface area contributed by atoms with Crippen molar-refractivity contribution in [1.29, 1.82) is 0 Å². The summed E-state index contributed by atoms with van der Waals surface area (Å²) in [5.41, 5.74) is 6.42. The molecule has 0 aliphatic carbocycles. The summed E-state index contributed by atoms with van der Waals surface area (Å²) < 4.78 is 42.4. The lowest BCUT2D eigenvalue weighted by Gasteiger charge is -2.23. The monoisotopic (exact) mass is 342 g/mol. The van der Waals surface area contributed by atoms with E-state index in [1.807, 2.05) is 0 Å². The SMILES string of the molecule is NCC1CN(c2ccc(C3CCS(=O)(=O)CC3)c(F)c2)C(=O)O1. The van der Waals surface area contributed by atoms with Gasteiger partial charge in [-0.2, -0.15) is 0 Å². The molecule has 3 rings (SSSR count). The lowest BCUT2D eigenvalue weighted by molar-refractivity contribution is 0.145. The number of carbonyl (C=O) groups is 1. The molecule has 0 radical (unpaired) electrons. The van der Waals surface area contributed by atoms with E-state index < -0.39 is 21.7 Å². The number of halogens is 1. The molecule has 0 aromatic heterocycles. The smallest absolute Gasteiger partial charge is 0.414 e. The van der Waals surface area contributed by atoms with Crippen molar-refractivity contribution in [2.45, 2.75) is 24.9 Å². The Kier molecular flexibility index (Phi) is 4.29. The average molecular weight is 342 g/mol. The topological polar surface area (TPSA) is 89.7 Å². The Morgan fingerprint density at radius 1 is 1.30 bits per heavy atom. The first-order valence-corrected chi connectivity index (χ1v) is 9.40. The van der Waals surface area contributed by atoms with Crippen LogP contribution in [-0.2, 0) is 14.6 Å². The highest BCUT2D eigenvalue weighted by Crippen LogP contribution is 2.33. The second-order valence-corrected chi connectivity index (χ2v) is 8.29. The van der Waals surface area contributed by atoms with Gasteiger partial charge in [-0.1, -0.05) is 6.07 Å². The van der Waals surface area contributed by atoms with E-state index in [4.69, 9.17) is 10.5 Å². The number of cyclic esters (lactones) is 1. The highest BCUT2D eigenvalue weighted by Gasteiger charge is 2.32. The third-order valence-electron chi connectivity index (χ3n) is 4.43. The van der Waals surface area contributed by atoms with Crippen molar-refractivity contribution < 1.29 is 22.3 Å². The molecule has 1 aromatic carbocycles. The Morgan fingerprint density at radius 2 is 2.00 bits per heavy atom. The molecule has 0 saturated carbocycles. The van der Waals surface area contributed by atoms with E-state index in [1.54, 1.807) is 12.1 Å². The molecule has 2 saturated heterocycles. The molecule has 23 heavy (non-hydrogen) atoms. The first-order valence-electron chi connectivity index (χ1n) is 7.58. The Bertz CT molecular complexity index is 708. The first-order chi connectivity index (χ1) is 10.9. The molecule has 2 aliphatic rings. The molecule has 1 aromatic rings.